The molecule has 2 nitrogen and oxygen atoms in total. The van der Waals surface area contributed by atoms with Gasteiger partial charge in [-0.25, -0.2) is 0 Å². The van der Waals surface area contributed by atoms with Crippen LogP contribution in [0.2, 0.25) is 0 Å². The molecule has 0 aliphatic carbocycles. The van der Waals surface area contributed by atoms with Crippen molar-refractivity contribution in [3.63, 3.8) is 0 Å². The van der Waals surface area contributed by atoms with Crippen LogP contribution in [0.25, 0.3) is 11.1 Å². The lowest BCUT2D eigenvalue weighted by Crippen LogP contribution is -2.26. The van der Waals surface area contributed by atoms with Gasteiger partial charge < -0.3 is 10.8 Å². The lowest BCUT2D eigenvalue weighted by molar-refractivity contribution is 0.327. The zero-order valence-corrected chi connectivity index (χ0v) is 11.7. The molecule has 1 unspecified atom stereocenters. The molecule has 0 aromatic heterocycles. The summed E-state index contributed by atoms with van der Waals surface area (Å²) in [5.41, 5.74) is 9.16. The highest BCUT2D eigenvalue weighted by Gasteiger charge is 2.23. The van der Waals surface area contributed by atoms with Crippen LogP contribution < -0.4 is 5.73 Å². The van der Waals surface area contributed by atoms with Gasteiger partial charge in [-0.1, -0.05) is 57.2 Å². The second kappa shape index (κ2) is 5.06. The Hall–Kier alpha value is -1.80. The van der Waals surface area contributed by atoms with Crippen LogP contribution in [0.5, 0.6) is 5.75 Å². The number of benzene rings is 2. The van der Waals surface area contributed by atoms with Gasteiger partial charge >= 0.3 is 0 Å². The lowest BCUT2D eigenvalue weighted by atomic mass is 9.82. The molecule has 0 bridgehead atoms. The molecule has 2 heteroatoms. The average molecular weight is 255 g/mol. The molecule has 0 spiro atoms. The summed E-state index contributed by atoms with van der Waals surface area (Å²) in [4.78, 5) is 0. The van der Waals surface area contributed by atoms with E-state index in [1.165, 1.54) is 0 Å². The fraction of sp³-hybridized carbons (Fsp3) is 0.294. The molecule has 2 rings (SSSR count). The molecular weight excluding hydrogens is 234 g/mol. The van der Waals surface area contributed by atoms with E-state index in [0.29, 0.717) is 0 Å². The summed E-state index contributed by atoms with van der Waals surface area (Å²) in [7, 11) is 0. The van der Waals surface area contributed by atoms with E-state index in [1.54, 1.807) is 6.07 Å². The highest BCUT2D eigenvalue weighted by atomic mass is 16.3. The van der Waals surface area contributed by atoms with Gasteiger partial charge in [0.25, 0.3) is 0 Å². The molecule has 2 aromatic rings. The number of hydrogen-bond acceptors (Lipinski definition) is 2. The Balaban J connectivity index is 2.47. The maximum Gasteiger partial charge on any atom is 0.123 e. The Kier molecular flexibility index (Phi) is 3.63. The maximum absolute atomic E-state index is 10.0. The molecular formula is C17H21NO. The number of phenols is 1. The van der Waals surface area contributed by atoms with E-state index in [0.717, 1.165) is 16.7 Å². The summed E-state index contributed by atoms with van der Waals surface area (Å²) in [5, 5.41) is 10.0. The molecule has 100 valence electrons. The standard InChI is InChI=1S/C17H21NO/c1-17(2,3)16(18)13-9-10-15(19)14(11-13)12-7-5-4-6-8-12/h4-11,16,19H,18H2,1-3H3. The lowest BCUT2D eigenvalue weighted by Gasteiger charge is -2.28. The molecule has 0 amide bonds. The second-order valence-electron chi connectivity index (χ2n) is 5.99. The first-order chi connectivity index (χ1) is 8.89. The van der Waals surface area contributed by atoms with E-state index in [4.69, 9.17) is 5.73 Å². The summed E-state index contributed by atoms with van der Waals surface area (Å²) < 4.78 is 0. The van der Waals surface area contributed by atoms with Crippen molar-refractivity contribution in [1.82, 2.24) is 0 Å². The molecule has 0 heterocycles. The Morgan fingerprint density at radius 3 is 2.21 bits per heavy atom. The predicted molar refractivity (Wildman–Crippen MR) is 79.9 cm³/mol. The van der Waals surface area contributed by atoms with Gasteiger partial charge in [0.2, 0.25) is 0 Å². The third-order valence-electron chi connectivity index (χ3n) is 3.40. The largest absolute Gasteiger partial charge is 0.507 e. The fourth-order valence-electron chi connectivity index (χ4n) is 2.10. The fourth-order valence-corrected chi connectivity index (χ4v) is 2.10. The molecule has 0 saturated heterocycles. The van der Waals surface area contributed by atoms with Gasteiger partial charge in [0.1, 0.15) is 5.75 Å². The number of aromatic hydroxyl groups is 1. The Labute approximate surface area is 114 Å². The van der Waals surface area contributed by atoms with Gasteiger partial charge in [-0.2, -0.15) is 0 Å². The highest BCUT2D eigenvalue weighted by Crippen LogP contribution is 2.36. The van der Waals surface area contributed by atoms with Crippen molar-refractivity contribution < 1.29 is 5.11 Å². The van der Waals surface area contributed by atoms with Gasteiger partial charge in [-0.05, 0) is 28.7 Å². The van der Waals surface area contributed by atoms with E-state index in [-0.39, 0.29) is 17.2 Å². The van der Waals surface area contributed by atoms with Crippen LogP contribution in [-0.2, 0) is 0 Å². The van der Waals surface area contributed by atoms with E-state index in [2.05, 4.69) is 20.8 Å². The second-order valence-corrected chi connectivity index (χ2v) is 5.99. The molecule has 0 aliphatic rings. The summed E-state index contributed by atoms with van der Waals surface area (Å²) >= 11 is 0. The number of nitrogens with two attached hydrogens (primary N) is 1. The van der Waals surface area contributed by atoms with Crippen LogP contribution in [-0.4, -0.2) is 5.11 Å². The molecule has 1 atom stereocenters. The Morgan fingerprint density at radius 2 is 1.63 bits per heavy atom. The zero-order valence-electron chi connectivity index (χ0n) is 11.7. The Morgan fingerprint density at radius 1 is 1.00 bits per heavy atom. The molecule has 19 heavy (non-hydrogen) atoms. The quantitative estimate of drug-likeness (QED) is 0.848. The molecule has 0 aliphatic heterocycles. The van der Waals surface area contributed by atoms with Crippen LogP contribution in [0.4, 0.5) is 0 Å². The SMILES string of the molecule is CC(C)(C)C(N)c1ccc(O)c(-c2ccccc2)c1. The van der Waals surface area contributed by atoms with Crippen LogP contribution in [0.3, 0.4) is 0 Å². The van der Waals surface area contributed by atoms with Gasteiger partial charge in [0.05, 0.1) is 0 Å². The van der Waals surface area contributed by atoms with Crippen molar-refractivity contribution in [2.75, 3.05) is 0 Å². The summed E-state index contributed by atoms with van der Waals surface area (Å²) in [6, 6.07) is 15.4. The minimum absolute atomic E-state index is 0.00900. The van der Waals surface area contributed by atoms with E-state index >= 15 is 0 Å². The number of rotatable bonds is 2. The number of hydrogen-bond donors (Lipinski definition) is 2. The van der Waals surface area contributed by atoms with Gasteiger partial charge in [0, 0.05) is 11.6 Å². The number of phenolic OH excluding ortho intramolecular Hbond substituents is 1. The van der Waals surface area contributed by atoms with Crippen molar-refractivity contribution in [2.24, 2.45) is 11.1 Å². The third-order valence-corrected chi connectivity index (χ3v) is 3.40. The van der Waals surface area contributed by atoms with Crippen molar-refractivity contribution >= 4 is 0 Å². The molecule has 2 aromatic carbocycles. The van der Waals surface area contributed by atoms with Gasteiger partial charge in [-0.15, -0.1) is 0 Å². The minimum atomic E-state index is -0.0597. The van der Waals surface area contributed by atoms with Crippen molar-refractivity contribution in [3.8, 4) is 16.9 Å². The first-order valence-electron chi connectivity index (χ1n) is 6.53. The van der Waals surface area contributed by atoms with Crippen LogP contribution in [0.1, 0.15) is 32.4 Å². The minimum Gasteiger partial charge on any atom is -0.507 e. The monoisotopic (exact) mass is 255 g/mol. The first-order valence-corrected chi connectivity index (χ1v) is 6.53. The van der Waals surface area contributed by atoms with Crippen LogP contribution in [0.15, 0.2) is 48.5 Å². The normalized spacial score (nSPS) is 13.3. The van der Waals surface area contributed by atoms with Crippen molar-refractivity contribution in [2.45, 2.75) is 26.8 Å². The zero-order chi connectivity index (χ0) is 14.0. The topological polar surface area (TPSA) is 46.2 Å². The van der Waals surface area contributed by atoms with Crippen LogP contribution >= 0.6 is 0 Å². The predicted octanol–water partition coefficient (Wildman–Crippen LogP) is 4.11. The maximum atomic E-state index is 10.0. The Bertz CT molecular complexity index is 555. The summed E-state index contributed by atoms with van der Waals surface area (Å²) in [6.45, 7) is 6.35. The molecule has 0 radical (unpaired) electrons. The summed E-state index contributed by atoms with van der Waals surface area (Å²) in [6.07, 6.45) is 0. The van der Waals surface area contributed by atoms with Gasteiger partial charge in [-0.3, -0.25) is 0 Å². The average Bonchev–Trinajstić information content (AvgIpc) is 2.38. The van der Waals surface area contributed by atoms with E-state index < -0.39 is 0 Å². The third kappa shape index (κ3) is 2.96. The van der Waals surface area contributed by atoms with Crippen molar-refractivity contribution in [3.05, 3.63) is 54.1 Å². The summed E-state index contributed by atoms with van der Waals surface area (Å²) in [5.74, 6) is 0.288. The molecule has 0 saturated carbocycles. The highest BCUT2D eigenvalue weighted by molar-refractivity contribution is 5.70. The molecule has 3 N–H and O–H groups in total. The molecule has 0 fully saturated rings. The van der Waals surface area contributed by atoms with E-state index in [1.807, 2.05) is 42.5 Å². The van der Waals surface area contributed by atoms with Gasteiger partial charge in [0.15, 0.2) is 0 Å². The van der Waals surface area contributed by atoms with E-state index in [9.17, 15) is 5.11 Å². The van der Waals surface area contributed by atoms with Crippen LogP contribution in [0, 0.1) is 5.41 Å². The smallest absolute Gasteiger partial charge is 0.123 e. The van der Waals surface area contributed by atoms with Crippen molar-refractivity contribution in [1.29, 1.82) is 0 Å². The first kappa shape index (κ1) is 13.6.